The summed E-state index contributed by atoms with van der Waals surface area (Å²) in [7, 11) is 0. The number of para-hydroxylation sites is 1. The van der Waals surface area contributed by atoms with Crippen LogP contribution in [0.15, 0.2) is 30.3 Å². The van der Waals surface area contributed by atoms with E-state index in [2.05, 4.69) is 12.2 Å². The van der Waals surface area contributed by atoms with Crippen LogP contribution in [0.3, 0.4) is 0 Å². The third kappa shape index (κ3) is 3.95. The van der Waals surface area contributed by atoms with E-state index >= 15 is 0 Å². The number of carbonyl (C=O) groups is 1. The van der Waals surface area contributed by atoms with E-state index in [1.807, 2.05) is 30.0 Å². The maximum absolute atomic E-state index is 11.7. The van der Waals surface area contributed by atoms with E-state index in [1.165, 1.54) is 6.42 Å². The first-order chi connectivity index (χ1) is 8.78. The number of hydrogen-bond acceptors (Lipinski definition) is 3. The average Bonchev–Trinajstić information content (AvgIpc) is 2.78. The standard InChI is InChI=1S/C14H19NO2S/c1-2-18-13-9-8-11(10-13)15-14(16)17-12-6-4-3-5-7-12/h3-7,11,13H,2,8-10H2,1H3,(H,15,16). The quantitative estimate of drug-likeness (QED) is 0.906. The van der Waals surface area contributed by atoms with Gasteiger partial charge in [-0.2, -0.15) is 11.8 Å². The Hall–Kier alpha value is -1.16. The van der Waals surface area contributed by atoms with Crippen LogP contribution in [-0.2, 0) is 0 Å². The van der Waals surface area contributed by atoms with Gasteiger partial charge in [-0.05, 0) is 37.1 Å². The van der Waals surface area contributed by atoms with Gasteiger partial charge in [0.15, 0.2) is 0 Å². The molecule has 0 aromatic heterocycles. The van der Waals surface area contributed by atoms with Gasteiger partial charge in [0.2, 0.25) is 0 Å². The van der Waals surface area contributed by atoms with Crippen LogP contribution in [0.25, 0.3) is 0 Å². The van der Waals surface area contributed by atoms with Crippen molar-refractivity contribution in [3.8, 4) is 5.75 Å². The predicted octanol–water partition coefficient (Wildman–Crippen LogP) is 3.45. The number of benzene rings is 1. The largest absolute Gasteiger partial charge is 0.412 e. The van der Waals surface area contributed by atoms with Gasteiger partial charge in [-0.3, -0.25) is 0 Å². The van der Waals surface area contributed by atoms with Gasteiger partial charge in [-0.15, -0.1) is 0 Å². The van der Waals surface area contributed by atoms with E-state index in [4.69, 9.17) is 4.74 Å². The molecule has 1 saturated carbocycles. The predicted molar refractivity (Wildman–Crippen MR) is 75.2 cm³/mol. The molecule has 2 rings (SSSR count). The molecular weight excluding hydrogens is 246 g/mol. The summed E-state index contributed by atoms with van der Waals surface area (Å²) in [6.45, 7) is 2.18. The van der Waals surface area contributed by atoms with E-state index in [9.17, 15) is 4.79 Å². The maximum Gasteiger partial charge on any atom is 0.412 e. The zero-order valence-corrected chi connectivity index (χ0v) is 11.4. The smallest absolute Gasteiger partial charge is 0.410 e. The molecule has 1 aliphatic rings. The minimum atomic E-state index is -0.339. The van der Waals surface area contributed by atoms with Crippen LogP contribution in [-0.4, -0.2) is 23.1 Å². The lowest BCUT2D eigenvalue weighted by Gasteiger charge is -2.13. The lowest BCUT2D eigenvalue weighted by Crippen LogP contribution is -2.35. The zero-order chi connectivity index (χ0) is 12.8. The average molecular weight is 265 g/mol. The van der Waals surface area contributed by atoms with Crippen molar-refractivity contribution in [2.45, 2.75) is 37.5 Å². The molecule has 4 heteroatoms. The monoisotopic (exact) mass is 265 g/mol. The van der Waals surface area contributed by atoms with Crippen LogP contribution in [0, 0.1) is 0 Å². The lowest BCUT2D eigenvalue weighted by molar-refractivity contribution is 0.196. The molecule has 1 aliphatic carbocycles. The van der Waals surface area contributed by atoms with Crippen LogP contribution in [0.1, 0.15) is 26.2 Å². The Morgan fingerprint density at radius 2 is 2.17 bits per heavy atom. The van der Waals surface area contributed by atoms with E-state index < -0.39 is 0 Å². The van der Waals surface area contributed by atoms with Crippen molar-refractivity contribution in [1.82, 2.24) is 5.32 Å². The minimum Gasteiger partial charge on any atom is -0.410 e. The second kappa shape index (κ2) is 6.69. The summed E-state index contributed by atoms with van der Waals surface area (Å²) in [4.78, 5) is 11.7. The second-order valence-electron chi connectivity index (χ2n) is 4.43. The first kappa shape index (κ1) is 13.3. The summed E-state index contributed by atoms with van der Waals surface area (Å²) in [5.41, 5.74) is 0. The summed E-state index contributed by atoms with van der Waals surface area (Å²) in [6, 6.07) is 9.44. The first-order valence-electron chi connectivity index (χ1n) is 6.43. The number of carbonyl (C=O) groups excluding carboxylic acids is 1. The molecule has 2 atom stereocenters. The summed E-state index contributed by atoms with van der Waals surface area (Å²) in [5.74, 6) is 1.73. The molecule has 1 N–H and O–H groups in total. The molecule has 2 unspecified atom stereocenters. The van der Waals surface area contributed by atoms with Crippen molar-refractivity contribution < 1.29 is 9.53 Å². The maximum atomic E-state index is 11.7. The molecule has 0 saturated heterocycles. The Morgan fingerprint density at radius 1 is 1.39 bits per heavy atom. The van der Waals surface area contributed by atoms with E-state index in [0.29, 0.717) is 11.0 Å². The van der Waals surface area contributed by atoms with Gasteiger partial charge in [0.1, 0.15) is 5.75 Å². The van der Waals surface area contributed by atoms with Crippen LogP contribution < -0.4 is 10.1 Å². The van der Waals surface area contributed by atoms with E-state index in [0.717, 1.165) is 18.6 Å². The Labute approximate surface area is 112 Å². The fourth-order valence-electron chi connectivity index (χ4n) is 2.25. The molecule has 18 heavy (non-hydrogen) atoms. The molecule has 1 aromatic rings. The van der Waals surface area contributed by atoms with Crippen molar-refractivity contribution in [1.29, 1.82) is 0 Å². The van der Waals surface area contributed by atoms with Crippen LogP contribution in [0.2, 0.25) is 0 Å². The Balaban J connectivity index is 1.75. The van der Waals surface area contributed by atoms with Crippen LogP contribution in [0.5, 0.6) is 5.75 Å². The topological polar surface area (TPSA) is 38.3 Å². The molecule has 0 spiro atoms. The Morgan fingerprint density at radius 3 is 2.89 bits per heavy atom. The van der Waals surface area contributed by atoms with Crippen LogP contribution in [0.4, 0.5) is 4.79 Å². The molecule has 1 aromatic carbocycles. The molecule has 98 valence electrons. The van der Waals surface area contributed by atoms with Crippen molar-refractivity contribution in [3.05, 3.63) is 30.3 Å². The van der Waals surface area contributed by atoms with Gasteiger partial charge in [-0.1, -0.05) is 25.1 Å². The number of thioether (sulfide) groups is 1. The van der Waals surface area contributed by atoms with Gasteiger partial charge in [0, 0.05) is 11.3 Å². The number of ether oxygens (including phenoxy) is 1. The SMILES string of the molecule is CCSC1CCC(NC(=O)Oc2ccccc2)C1. The van der Waals surface area contributed by atoms with Gasteiger partial charge in [-0.25, -0.2) is 4.79 Å². The molecule has 0 bridgehead atoms. The third-order valence-electron chi connectivity index (χ3n) is 3.06. The number of amides is 1. The molecule has 3 nitrogen and oxygen atoms in total. The minimum absolute atomic E-state index is 0.269. The lowest BCUT2D eigenvalue weighted by atomic mass is 10.3. The zero-order valence-electron chi connectivity index (χ0n) is 10.6. The summed E-state index contributed by atoms with van der Waals surface area (Å²) >= 11 is 1.98. The summed E-state index contributed by atoms with van der Waals surface area (Å²) in [5, 5.41) is 3.63. The van der Waals surface area contributed by atoms with Crippen molar-refractivity contribution in [2.24, 2.45) is 0 Å². The highest BCUT2D eigenvalue weighted by Gasteiger charge is 2.26. The number of nitrogens with one attached hydrogen (secondary N) is 1. The molecular formula is C14H19NO2S. The fraction of sp³-hybridized carbons (Fsp3) is 0.500. The molecule has 1 amide bonds. The van der Waals surface area contributed by atoms with Crippen molar-refractivity contribution in [2.75, 3.05) is 5.75 Å². The summed E-state index contributed by atoms with van der Waals surface area (Å²) < 4.78 is 5.21. The molecule has 0 heterocycles. The van der Waals surface area contributed by atoms with Gasteiger partial charge >= 0.3 is 6.09 Å². The van der Waals surface area contributed by atoms with E-state index in [-0.39, 0.29) is 12.1 Å². The van der Waals surface area contributed by atoms with E-state index in [1.54, 1.807) is 12.1 Å². The highest BCUT2D eigenvalue weighted by atomic mass is 32.2. The number of rotatable bonds is 4. The molecule has 0 aliphatic heterocycles. The summed E-state index contributed by atoms with van der Waals surface area (Å²) in [6.07, 6.45) is 2.96. The van der Waals surface area contributed by atoms with Gasteiger partial charge in [0.05, 0.1) is 0 Å². The normalized spacial score (nSPS) is 22.7. The van der Waals surface area contributed by atoms with Crippen molar-refractivity contribution >= 4 is 17.9 Å². The number of hydrogen-bond donors (Lipinski definition) is 1. The first-order valence-corrected chi connectivity index (χ1v) is 7.47. The van der Waals surface area contributed by atoms with Crippen LogP contribution >= 0.6 is 11.8 Å². The second-order valence-corrected chi connectivity index (χ2v) is 6.01. The fourth-order valence-corrected chi connectivity index (χ4v) is 3.39. The Kier molecular flexibility index (Phi) is 4.93. The van der Waals surface area contributed by atoms with Crippen molar-refractivity contribution in [3.63, 3.8) is 0 Å². The molecule has 1 fully saturated rings. The third-order valence-corrected chi connectivity index (χ3v) is 4.30. The van der Waals surface area contributed by atoms with Gasteiger partial charge < -0.3 is 10.1 Å². The molecule has 0 radical (unpaired) electrons. The Bertz CT molecular complexity index is 383. The van der Waals surface area contributed by atoms with Gasteiger partial charge in [0.25, 0.3) is 0 Å². The highest BCUT2D eigenvalue weighted by molar-refractivity contribution is 7.99. The highest BCUT2D eigenvalue weighted by Crippen LogP contribution is 2.29.